The summed E-state index contributed by atoms with van der Waals surface area (Å²) in [4.78, 5) is 92.5. The number of rotatable bonds is 20. The van der Waals surface area contributed by atoms with E-state index in [1.807, 2.05) is 42.5 Å². The number of Topliss-reactive ketones (excluding diaryl/α,β-unsaturated/α-hetero) is 1. The van der Waals surface area contributed by atoms with Gasteiger partial charge < -0.3 is 44.0 Å². The van der Waals surface area contributed by atoms with E-state index in [1.165, 1.54) is 30.2 Å². The molecule has 2 saturated carbocycles. The molecule has 1 amide bonds. The Morgan fingerprint density at radius 2 is 1.36 bits per heavy atom. The van der Waals surface area contributed by atoms with Crippen molar-refractivity contribution < 1.29 is 67.4 Å². The maximum atomic E-state index is 15.6. The molecule has 2 heterocycles. The fourth-order valence-electron chi connectivity index (χ4n) is 12.9. The van der Waals surface area contributed by atoms with Gasteiger partial charge in [0.05, 0.1) is 29.6 Å². The number of aliphatic hydroxyl groups is 2. The van der Waals surface area contributed by atoms with E-state index in [4.69, 9.17) is 28.4 Å². The number of hydrogen-bond acceptors (Lipinski definition) is 19. The number of nitrogens with one attached hydrogen (secondary N) is 1. The van der Waals surface area contributed by atoms with E-state index in [9.17, 15) is 29.4 Å². The van der Waals surface area contributed by atoms with Crippen LogP contribution in [0.3, 0.4) is 0 Å². The van der Waals surface area contributed by atoms with Gasteiger partial charge in [-0.25, -0.2) is 19.4 Å². The van der Waals surface area contributed by atoms with Gasteiger partial charge >= 0.3 is 24.1 Å². The van der Waals surface area contributed by atoms with Crippen molar-refractivity contribution in [2.24, 2.45) is 22.7 Å². The lowest BCUT2D eigenvalue weighted by molar-refractivity contribution is -0.345. The van der Waals surface area contributed by atoms with Crippen LogP contribution in [-0.2, 0) is 60.9 Å². The Morgan fingerprint density at radius 3 is 1.95 bits per heavy atom. The predicted octanol–water partition coefficient (Wildman–Crippen LogP) is 12.1. The molecule has 5 aromatic carbocycles. The van der Waals surface area contributed by atoms with E-state index in [1.54, 1.807) is 163 Å². The first-order valence-corrected chi connectivity index (χ1v) is 33.2. The van der Waals surface area contributed by atoms with Crippen molar-refractivity contribution in [3.05, 3.63) is 208 Å². The second kappa shape index (κ2) is 26.8. The Hall–Kier alpha value is -6.91. The molecule has 4 aliphatic rings. The maximum absolute atomic E-state index is 15.6. The van der Waals surface area contributed by atoms with Crippen LogP contribution in [-0.4, -0.2) is 99.3 Å². The van der Waals surface area contributed by atoms with Crippen LogP contribution in [0.25, 0.3) is 0 Å². The summed E-state index contributed by atoms with van der Waals surface area (Å²) in [6.45, 7) is 8.97. The molecule has 10 rings (SSSR count). The summed E-state index contributed by atoms with van der Waals surface area (Å²) in [6.07, 6.45) is -7.61. The number of ketones is 1. The van der Waals surface area contributed by atoms with Crippen molar-refractivity contribution in [3.63, 3.8) is 0 Å². The molecule has 20 heteroatoms. The van der Waals surface area contributed by atoms with Crippen molar-refractivity contribution >= 4 is 78.9 Å². The first-order chi connectivity index (χ1) is 41.7. The van der Waals surface area contributed by atoms with Crippen LogP contribution in [0.2, 0.25) is 0 Å². The number of pyridine rings is 1. The lowest BCUT2D eigenvalue weighted by atomic mass is 9.43. The zero-order valence-corrected chi connectivity index (χ0v) is 52.1. The highest BCUT2D eigenvalue weighted by Crippen LogP contribution is 2.65. The summed E-state index contributed by atoms with van der Waals surface area (Å²) in [7, 11) is 6.68. The number of aromatic nitrogens is 1. The lowest BCUT2D eigenvalue weighted by Crippen LogP contribution is -2.81. The first-order valence-electron chi connectivity index (χ1n) is 28.6. The molecule has 1 aliphatic heterocycles. The molecule has 1 saturated heterocycles. The molecular formula is C67H68N2O14S4. The van der Waals surface area contributed by atoms with Gasteiger partial charge in [-0.1, -0.05) is 162 Å². The number of benzene rings is 5. The normalized spacial score (nSPS) is 26.0. The highest BCUT2D eigenvalue weighted by atomic mass is 33.1. The molecule has 16 nitrogen and oxygen atoms in total. The van der Waals surface area contributed by atoms with E-state index in [0.29, 0.717) is 22.3 Å². The first kappa shape index (κ1) is 63.1. The Morgan fingerprint density at radius 1 is 0.759 bits per heavy atom. The molecule has 1 aromatic heterocycles. The van der Waals surface area contributed by atoms with E-state index in [-0.39, 0.29) is 30.8 Å². The summed E-state index contributed by atoms with van der Waals surface area (Å²) in [5.74, 6) is -4.79. The van der Waals surface area contributed by atoms with Gasteiger partial charge in [0, 0.05) is 59.3 Å². The number of ether oxygens (including phenoxy) is 6. The zero-order valence-electron chi connectivity index (χ0n) is 48.8. The summed E-state index contributed by atoms with van der Waals surface area (Å²) in [5.41, 5.74) is -2.86. The third-order valence-electron chi connectivity index (χ3n) is 17.4. The van der Waals surface area contributed by atoms with E-state index >= 15 is 9.59 Å². The van der Waals surface area contributed by atoms with Crippen LogP contribution in [0.1, 0.15) is 103 Å². The lowest BCUT2D eigenvalue weighted by Gasteiger charge is -2.67. The van der Waals surface area contributed by atoms with Gasteiger partial charge in [-0.05, 0) is 107 Å². The fraction of sp³-hybridized carbons (Fsp3) is 0.358. The fourth-order valence-corrected chi connectivity index (χ4v) is 17.0. The summed E-state index contributed by atoms with van der Waals surface area (Å²) in [5, 5.41) is 30.1. The summed E-state index contributed by atoms with van der Waals surface area (Å²) in [6, 6.07) is 45.2. The Labute approximate surface area is 521 Å². The van der Waals surface area contributed by atoms with Gasteiger partial charge in [0.2, 0.25) is 6.10 Å². The van der Waals surface area contributed by atoms with Crippen LogP contribution >= 0.6 is 43.2 Å². The third kappa shape index (κ3) is 13.1. The quantitative estimate of drug-likeness (QED) is 0.0280. The van der Waals surface area contributed by atoms with Crippen LogP contribution in [0, 0.1) is 22.7 Å². The Kier molecular flexibility index (Phi) is 19.5. The largest absolute Gasteiger partial charge is 0.509 e. The van der Waals surface area contributed by atoms with Crippen LogP contribution in [0.5, 0.6) is 0 Å². The monoisotopic (exact) mass is 1250 g/mol. The Bertz CT molecular complexity index is 3490. The molecule has 2 bridgehead atoms. The van der Waals surface area contributed by atoms with Crippen LogP contribution in [0.15, 0.2) is 185 Å². The number of aliphatic hydroxyl groups excluding tert-OH is 1. The maximum Gasteiger partial charge on any atom is 0.509 e. The smallest absolute Gasteiger partial charge is 0.455 e. The van der Waals surface area contributed by atoms with Gasteiger partial charge in [-0.15, -0.1) is 0 Å². The molecular weight excluding hydrogens is 1190 g/mol. The minimum Gasteiger partial charge on any atom is -0.455 e. The van der Waals surface area contributed by atoms with Crippen molar-refractivity contribution in [1.29, 1.82) is 0 Å². The topological polar surface area (TPSA) is 223 Å². The molecule has 87 heavy (non-hydrogen) atoms. The van der Waals surface area contributed by atoms with E-state index < -0.39 is 113 Å². The second-order valence-corrected chi connectivity index (χ2v) is 27.7. The molecule has 0 spiro atoms. The van der Waals surface area contributed by atoms with Gasteiger partial charge in [-0.3, -0.25) is 14.4 Å². The molecule has 6 aromatic rings. The average Bonchev–Trinajstić information content (AvgIpc) is 0.675. The number of nitrogens with zero attached hydrogens (tertiary/aromatic N) is 1. The van der Waals surface area contributed by atoms with Crippen molar-refractivity contribution in [3.8, 4) is 0 Å². The third-order valence-corrected chi connectivity index (χ3v) is 21.9. The summed E-state index contributed by atoms with van der Waals surface area (Å²) >= 11 is 0. The van der Waals surface area contributed by atoms with Gasteiger partial charge in [0.15, 0.2) is 5.60 Å². The van der Waals surface area contributed by atoms with Gasteiger partial charge in [0.1, 0.15) is 47.4 Å². The van der Waals surface area contributed by atoms with Gasteiger partial charge in [0.25, 0.3) is 5.91 Å². The standard InChI is InChI=1S/C67H68N2O14S4/c1-40-50(35-67(77)59(82-61(74)48-22-14-9-15-23-48)57-65(6,58(72)41(2)54(40)64(67,4)5)51(71)34-52-66(57,39-79-52)83-42(3)70)80-62(75)56(55(46-18-10-7-11-19-46)69-60(73)47-20-12-8-13-21-47)81-63(76)78-36-43-29-31-49(32-30-43)86-84-37-44-25-27-45(28-26-44)38-85-87-53-24-16-17-33-68-53/h7-33,41,50-52,55-57,59,71,77H,34-39H2,1-6H3,(H,69,73)/t41-,50+,51+,52?,55+,56-,57+,59+,65-,66+,67-/m1/s1. The minimum atomic E-state index is -2.29. The van der Waals surface area contributed by atoms with Crippen molar-refractivity contribution in [2.75, 3.05) is 6.61 Å². The predicted molar refractivity (Wildman–Crippen MR) is 332 cm³/mol. The number of carbonyl (C=O) groups excluding carboxylic acids is 6. The molecule has 1 unspecified atom stereocenters. The van der Waals surface area contributed by atoms with Crippen LogP contribution < -0.4 is 5.32 Å². The number of hydrogen-bond donors (Lipinski definition) is 3. The number of fused-ring (bicyclic) bond motifs is 5. The average molecular weight is 1250 g/mol. The van der Waals surface area contributed by atoms with Gasteiger partial charge in [-0.2, -0.15) is 0 Å². The second-order valence-electron chi connectivity index (χ2n) is 23.0. The molecule has 11 atom stereocenters. The molecule has 0 radical (unpaired) electrons. The molecule has 3 fully saturated rings. The SMILES string of the molecule is CC(=O)O[C@@]12COC1C[C@H](O)[C@@]1(C)C(=O)[C@H](C)C3=C(C)[C@@H](OC(=O)[C@H](OC(=O)OCc4ccc(SSCc5ccc(CSSc6ccccn6)cc5)cc4)[C@@H](NC(=O)c4ccccc4)c4ccccc4)C[C@@](O)([C@@H](OC(=O)c4ccccc4)[C@@H]12)C3(C)C. The highest BCUT2D eigenvalue weighted by Gasteiger charge is 2.77. The van der Waals surface area contributed by atoms with E-state index in [2.05, 4.69) is 34.6 Å². The molecule has 3 N–H and O–H groups in total. The van der Waals surface area contributed by atoms with Crippen molar-refractivity contribution in [2.45, 2.75) is 130 Å². The zero-order chi connectivity index (χ0) is 61.7. The Balaban J connectivity index is 0.919. The number of amides is 1. The molecule has 454 valence electrons. The van der Waals surface area contributed by atoms with Crippen molar-refractivity contribution in [1.82, 2.24) is 10.3 Å². The van der Waals surface area contributed by atoms with Crippen LogP contribution in [0.4, 0.5) is 4.79 Å². The van der Waals surface area contributed by atoms with E-state index in [0.717, 1.165) is 21.4 Å². The highest BCUT2D eigenvalue weighted by molar-refractivity contribution is 8.76. The summed E-state index contributed by atoms with van der Waals surface area (Å²) < 4.78 is 37.0. The number of carbonyl (C=O) groups is 6. The number of esters is 3. The molecule has 3 aliphatic carbocycles. The minimum absolute atomic E-state index is 0.102.